The third kappa shape index (κ3) is 2.35. The van der Waals surface area contributed by atoms with E-state index < -0.39 is 0 Å². The summed E-state index contributed by atoms with van der Waals surface area (Å²) in [5, 5.41) is 10.3. The molecule has 15 heavy (non-hydrogen) atoms. The Labute approximate surface area is 97.1 Å². The van der Waals surface area contributed by atoms with Crippen LogP contribution in [0.3, 0.4) is 0 Å². The first-order valence-corrected chi connectivity index (χ1v) is 5.42. The normalized spacial score (nSPS) is 9.87. The van der Waals surface area contributed by atoms with Gasteiger partial charge in [-0.05, 0) is 36.4 Å². The summed E-state index contributed by atoms with van der Waals surface area (Å²) in [5.41, 5.74) is 0. The SMILES string of the molecule is N#Cn1[c]ccc1Sc1ccc(Cl)cc1. The largest absolute Gasteiger partial charge is 0.239 e. The predicted octanol–water partition coefficient (Wildman–Crippen LogP) is 3.42. The van der Waals surface area contributed by atoms with Gasteiger partial charge in [0.15, 0.2) is 6.19 Å². The van der Waals surface area contributed by atoms with Crippen molar-refractivity contribution in [3.8, 4) is 6.19 Å². The van der Waals surface area contributed by atoms with Crippen LogP contribution in [0.1, 0.15) is 0 Å². The van der Waals surface area contributed by atoms with Gasteiger partial charge >= 0.3 is 0 Å². The smallest absolute Gasteiger partial charge is 0.189 e. The second-order valence-corrected chi connectivity index (χ2v) is 4.32. The summed E-state index contributed by atoms with van der Waals surface area (Å²) in [6, 6.07) is 11.1. The minimum absolute atomic E-state index is 0.710. The molecule has 0 spiro atoms. The van der Waals surface area contributed by atoms with E-state index in [9.17, 15) is 0 Å². The van der Waals surface area contributed by atoms with E-state index in [0.717, 1.165) is 9.92 Å². The van der Waals surface area contributed by atoms with Crippen molar-refractivity contribution >= 4 is 23.4 Å². The number of benzene rings is 1. The van der Waals surface area contributed by atoms with E-state index in [1.54, 1.807) is 6.07 Å². The number of hydrogen-bond acceptors (Lipinski definition) is 2. The molecule has 1 heterocycles. The second kappa shape index (κ2) is 4.43. The Kier molecular flexibility index (Phi) is 3.00. The fourth-order valence-electron chi connectivity index (χ4n) is 1.10. The Morgan fingerprint density at radius 3 is 2.67 bits per heavy atom. The summed E-state index contributed by atoms with van der Waals surface area (Å²) in [6.07, 6.45) is 4.82. The van der Waals surface area contributed by atoms with Crippen molar-refractivity contribution in [2.45, 2.75) is 9.92 Å². The number of aromatic nitrogens is 1. The fraction of sp³-hybridized carbons (Fsp3) is 0. The summed E-state index contributed by atoms with van der Waals surface area (Å²) < 4.78 is 1.40. The highest BCUT2D eigenvalue weighted by atomic mass is 35.5. The van der Waals surface area contributed by atoms with Crippen molar-refractivity contribution in [1.29, 1.82) is 5.26 Å². The minimum atomic E-state index is 0.710. The molecule has 2 aromatic rings. The summed E-state index contributed by atoms with van der Waals surface area (Å²) in [7, 11) is 0. The maximum atomic E-state index is 8.78. The molecule has 0 fully saturated rings. The summed E-state index contributed by atoms with van der Waals surface area (Å²) >= 11 is 7.28. The Bertz CT molecular complexity index is 496. The molecule has 0 aliphatic carbocycles. The molecule has 73 valence electrons. The van der Waals surface area contributed by atoms with Crippen molar-refractivity contribution in [2.24, 2.45) is 0 Å². The second-order valence-electron chi connectivity index (χ2n) is 2.79. The molecule has 2 nitrogen and oxygen atoms in total. The predicted molar refractivity (Wildman–Crippen MR) is 59.9 cm³/mol. The summed E-state index contributed by atoms with van der Waals surface area (Å²) in [6.45, 7) is 0. The van der Waals surface area contributed by atoms with Crippen molar-refractivity contribution in [3.63, 3.8) is 0 Å². The molecule has 0 aliphatic heterocycles. The van der Waals surface area contributed by atoms with Crippen LogP contribution in [0.25, 0.3) is 0 Å². The number of rotatable bonds is 2. The van der Waals surface area contributed by atoms with Crippen LogP contribution in [-0.4, -0.2) is 4.57 Å². The highest BCUT2D eigenvalue weighted by Gasteiger charge is 2.02. The standard InChI is InChI=1S/C11H6ClN2S/c12-9-3-5-10(6-4-9)15-11-2-1-7-14(11)8-13/h1-6H. The van der Waals surface area contributed by atoms with Crippen molar-refractivity contribution in [2.75, 3.05) is 0 Å². The van der Waals surface area contributed by atoms with Crippen LogP contribution in [0.5, 0.6) is 0 Å². The Morgan fingerprint density at radius 2 is 2.00 bits per heavy atom. The molecule has 2 rings (SSSR count). The van der Waals surface area contributed by atoms with E-state index in [1.165, 1.54) is 16.3 Å². The highest BCUT2D eigenvalue weighted by molar-refractivity contribution is 7.99. The molecule has 0 N–H and O–H groups in total. The molecule has 0 amide bonds. The number of halogens is 1. The molecule has 1 aromatic carbocycles. The lowest BCUT2D eigenvalue weighted by Gasteiger charge is -2.00. The van der Waals surface area contributed by atoms with Gasteiger partial charge in [0, 0.05) is 9.92 Å². The molecular weight excluding hydrogens is 228 g/mol. The molecule has 0 atom stereocenters. The molecule has 0 saturated heterocycles. The number of nitrogens with zero attached hydrogens (tertiary/aromatic N) is 2. The van der Waals surface area contributed by atoms with Gasteiger partial charge in [-0.1, -0.05) is 23.4 Å². The first kappa shape index (κ1) is 10.2. The zero-order valence-corrected chi connectivity index (χ0v) is 9.22. The van der Waals surface area contributed by atoms with Crippen molar-refractivity contribution < 1.29 is 0 Å². The quantitative estimate of drug-likeness (QED) is 0.795. The maximum absolute atomic E-state index is 8.78. The molecule has 0 aliphatic rings. The van der Waals surface area contributed by atoms with Gasteiger partial charge in [-0.25, -0.2) is 4.57 Å². The van der Waals surface area contributed by atoms with Crippen LogP contribution in [0, 0.1) is 17.7 Å². The van der Waals surface area contributed by atoms with E-state index in [4.69, 9.17) is 16.9 Å². The molecule has 0 bridgehead atoms. The number of hydrogen-bond donors (Lipinski definition) is 0. The lowest BCUT2D eigenvalue weighted by molar-refractivity contribution is 0.967. The Morgan fingerprint density at radius 1 is 1.27 bits per heavy atom. The fourth-order valence-corrected chi connectivity index (χ4v) is 2.06. The minimum Gasteiger partial charge on any atom is -0.239 e. The molecule has 1 radical (unpaired) electrons. The van der Waals surface area contributed by atoms with Crippen LogP contribution in [0.15, 0.2) is 46.3 Å². The maximum Gasteiger partial charge on any atom is 0.189 e. The molecular formula is C11H6ClN2S. The van der Waals surface area contributed by atoms with Gasteiger partial charge in [-0.3, -0.25) is 0 Å². The first-order chi connectivity index (χ1) is 7.29. The Balaban J connectivity index is 2.23. The zero-order chi connectivity index (χ0) is 10.7. The van der Waals surface area contributed by atoms with Gasteiger partial charge < -0.3 is 0 Å². The van der Waals surface area contributed by atoms with E-state index in [-0.39, 0.29) is 0 Å². The monoisotopic (exact) mass is 233 g/mol. The van der Waals surface area contributed by atoms with Gasteiger partial charge in [0.2, 0.25) is 0 Å². The van der Waals surface area contributed by atoms with Crippen LogP contribution >= 0.6 is 23.4 Å². The van der Waals surface area contributed by atoms with Crippen LogP contribution in [-0.2, 0) is 0 Å². The van der Waals surface area contributed by atoms with E-state index in [1.807, 2.05) is 36.5 Å². The average molecular weight is 234 g/mol. The third-order valence-electron chi connectivity index (χ3n) is 1.79. The van der Waals surface area contributed by atoms with Crippen LogP contribution < -0.4 is 0 Å². The van der Waals surface area contributed by atoms with E-state index in [2.05, 4.69) is 6.20 Å². The molecule has 1 aromatic heterocycles. The van der Waals surface area contributed by atoms with Crippen LogP contribution in [0.4, 0.5) is 0 Å². The van der Waals surface area contributed by atoms with Crippen molar-refractivity contribution in [3.05, 3.63) is 47.6 Å². The molecule has 4 heteroatoms. The lowest BCUT2D eigenvalue weighted by atomic mass is 10.4. The Hall–Kier alpha value is -1.37. The first-order valence-electron chi connectivity index (χ1n) is 4.22. The van der Waals surface area contributed by atoms with Crippen LogP contribution in [0.2, 0.25) is 5.02 Å². The van der Waals surface area contributed by atoms with Gasteiger partial charge in [-0.2, -0.15) is 5.26 Å². The molecule has 0 unspecified atom stereocenters. The number of nitriles is 1. The van der Waals surface area contributed by atoms with Gasteiger partial charge in [0.25, 0.3) is 0 Å². The van der Waals surface area contributed by atoms with Crippen molar-refractivity contribution in [1.82, 2.24) is 4.57 Å². The summed E-state index contributed by atoms with van der Waals surface area (Å²) in [4.78, 5) is 1.04. The summed E-state index contributed by atoms with van der Waals surface area (Å²) in [5.74, 6) is 0. The average Bonchev–Trinajstić information content (AvgIpc) is 2.69. The van der Waals surface area contributed by atoms with Gasteiger partial charge in [-0.15, -0.1) is 0 Å². The third-order valence-corrected chi connectivity index (χ3v) is 3.07. The molecule has 0 saturated carbocycles. The van der Waals surface area contributed by atoms with Gasteiger partial charge in [0.05, 0.1) is 11.2 Å². The topological polar surface area (TPSA) is 28.7 Å². The van der Waals surface area contributed by atoms with E-state index >= 15 is 0 Å². The van der Waals surface area contributed by atoms with Gasteiger partial charge in [0.1, 0.15) is 0 Å². The zero-order valence-electron chi connectivity index (χ0n) is 7.64. The highest BCUT2D eigenvalue weighted by Crippen LogP contribution is 2.28. The lowest BCUT2D eigenvalue weighted by Crippen LogP contribution is -1.86. The van der Waals surface area contributed by atoms with E-state index in [0.29, 0.717) is 5.02 Å².